The highest BCUT2D eigenvalue weighted by atomic mass is 16.3. The average Bonchev–Trinajstić information content (AvgIpc) is 3.34. The Morgan fingerprint density at radius 1 is 1.12 bits per heavy atom. The number of rotatable bonds is 7. The fourth-order valence-corrected chi connectivity index (χ4v) is 3.30. The summed E-state index contributed by atoms with van der Waals surface area (Å²) in [6.45, 7) is 11.2. The van der Waals surface area contributed by atoms with Gasteiger partial charge in [-0.25, -0.2) is 0 Å². The summed E-state index contributed by atoms with van der Waals surface area (Å²) in [5.74, 6) is 0.975. The zero-order chi connectivity index (χ0) is 23.5. The largest absolute Gasteiger partial charge is 0.458 e. The summed E-state index contributed by atoms with van der Waals surface area (Å²) in [7, 11) is 0. The van der Waals surface area contributed by atoms with Gasteiger partial charge in [-0.1, -0.05) is 24.6 Å². The number of furan rings is 1. The van der Waals surface area contributed by atoms with E-state index in [1.54, 1.807) is 12.1 Å². The van der Waals surface area contributed by atoms with Crippen molar-refractivity contribution in [1.82, 2.24) is 25.5 Å². The molecular formula is C23H30N6O3. The van der Waals surface area contributed by atoms with Gasteiger partial charge in [-0.05, 0) is 70.5 Å². The number of nitrogens with zero attached hydrogens (tertiary/aromatic N) is 5. The van der Waals surface area contributed by atoms with E-state index in [9.17, 15) is 9.59 Å². The van der Waals surface area contributed by atoms with E-state index in [2.05, 4.69) is 20.7 Å². The zero-order valence-corrected chi connectivity index (χ0v) is 19.4. The lowest BCUT2D eigenvalue weighted by molar-refractivity contribution is -0.128. The van der Waals surface area contributed by atoms with Crippen molar-refractivity contribution in [3.8, 4) is 11.6 Å². The molecule has 0 unspecified atom stereocenters. The van der Waals surface area contributed by atoms with Crippen LogP contribution in [0.5, 0.6) is 0 Å². The molecule has 0 aliphatic rings. The first-order valence-corrected chi connectivity index (χ1v) is 10.6. The van der Waals surface area contributed by atoms with Gasteiger partial charge in [0.05, 0.1) is 0 Å². The molecule has 9 heteroatoms. The first-order chi connectivity index (χ1) is 15.1. The molecule has 1 atom stereocenters. The molecule has 2 aromatic heterocycles. The average molecular weight is 439 g/mol. The highest BCUT2D eigenvalue weighted by Crippen LogP contribution is 2.22. The molecule has 0 radical (unpaired) electrons. The van der Waals surface area contributed by atoms with Gasteiger partial charge in [0.25, 0.3) is 5.91 Å². The number of tetrazole rings is 1. The van der Waals surface area contributed by atoms with Gasteiger partial charge in [0.15, 0.2) is 5.76 Å². The summed E-state index contributed by atoms with van der Waals surface area (Å²) in [6, 6.07) is 10.4. The lowest BCUT2D eigenvalue weighted by Crippen LogP contribution is -2.54. The molecule has 3 aromatic rings. The molecule has 0 aliphatic heterocycles. The zero-order valence-electron chi connectivity index (χ0n) is 19.4. The number of aryl methyl sites for hydroxylation is 2. The Morgan fingerprint density at radius 3 is 2.38 bits per heavy atom. The van der Waals surface area contributed by atoms with Gasteiger partial charge in [-0.2, -0.15) is 4.80 Å². The van der Waals surface area contributed by atoms with E-state index < -0.39 is 11.6 Å². The van der Waals surface area contributed by atoms with Crippen LogP contribution >= 0.6 is 0 Å². The number of aromatic nitrogens is 4. The van der Waals surface area contributed by atoms with Crippen molar-refractivity contribution < 1.29 is 14.0 Å². The topological polar surface area (TPSA) is 106 Å². The van der Waals surface area contributed by atoms with E-state index in [0.29, 0.717) is 23.7 Å². The highest BCUT2D eigenvalue weighted by Gasteiger charge is 2.32. The number of anilines is 1. The highest BCUT2D eigenvalue weighted by molar-refractivity contribution is 6.00. The first kappa shape index (κ1) is 23.2. The standard InChI is InChI=1S/C23H30N6O3/c1-7-18(22(31)24-23(4,5)6)29(17-11-8-15(2)9-12-17)20(30)14-28-26-21(25-27-28)19-13-10-16(3)32-19/h8-13,18H,7,14H2,1-6H3,(H,24,31)/t18-/m0/s1. The van der Waals surface area contributed by atoms with Gasteiger partial charge < -0.3 is 9.73 Å². The number of nitrogens with one attached hydrogen (secondary N) is 1. The van der Waals surface area contributed by atoms with Crippen LogP contribution in [0.2, 0.25) is 0 Å². The SMILES string of the molecule is CC[C@@H](C(=O)NC(C)(C)C)N(C(=O)Cn1nnc(-c2ccc(C)o2)n1)c1ccc(C)cc1. The Morgan fingerprint density at radius 2 is 1.81 bits per heavy atom. The molecule has 0 aliphatic carbocycles. The monoisotopic (exact) mass is 438 g/mol. The van der Waals surface area contributed by atoms with Crippen molar-refractivity contribution in [2.45, 2.75) is 66.1 Å². The van der Waals surface area contributed by atoms with Crippen LogP contribution in [0.15, 0.2) is 40.8 Å². The van der Waals surface area contributed by atoms with Crippen molar-refractivity contribution in [3.05, 3.63) is 47.7 Å². The molecule has 170 valence electrons. The second-order valence-corrected chi connectivity index (χ2v) is 8.82. The maximum atomic E-state index is 13.4. The molecule has 0 saturated heterocycles. The maximum Gasteiger partial charge on any atom is 0.251 e. The van der Waals surface area contributed by atoms with Crippen LogP contribution in [0, 0.1) is 13.8 Å². The second kappa shape index (κ2) is 9.33. The fourth-order valence-electron chi connectivity index (χ4n) is 3.30. The number of benzene rings is 1. The normalized spacial score (nSPS) is 12.4. The van der Waals surface area contributed by atoms with E-state index in [4.69, 9.17) is 4.42 Å². The van der Waals surface area contributed by atoms with Crippen LogP contribution in [0.1, 0.15) is 45.4 Å². The summed E-state index contributed by atoms with van der Waals surface area (Å²) in [6.07, 6.45) is 0.448. The van der Waals surface area contributed by atoms with E-state index in [1.165, 1.54) is 9.70 Å². The van der Waals surface area contributed by atoms with Gasteiger partial charge >= 0.3 is 0 Å². The van der Waals surface area contributed by atoms with Gasteiger partial charge in [-0.3, -0.25) is 14.5 Å². The third-order valence-electron chi connectivity index (χ3n) is 4.77. The molecule has 0 fully saturated rings. The van der Waals surface area contributed by atoms with Crippen molar-refractivity contribution in [2.24, 2.45) is 0 Å². The minimum atomic E-state index is -0.680. The predicted octanol–water partition coefficient (Wildman–Crippen LogP) is 3.28. The van der Waals surface area contributed by atoms with Gasteiger partial charge in [0, 0.05) is 11.2 Å². The summed E-state index contributed by atoms with van der Waals surface area (Å²) < 4.78 is 5.52. The van der Waals surface area contributed by atoms with E-state index >= 15 is 0 Å². The molecule has 2 amide bonds. The van der Waals surface area contributed by atoms with Crippen LogP contribution in [-0.2, 0) is 16.1 Å². The van der Waals surface area contributed by atoms with Crippen molar-refractivity contribution in [2.75, 3.05) is 4.90 Å². The van der Waals surface area contributed by atoms with Crippen LogP contribution in [0.25, 0.3) is 11.6 Å². The molecule has 0 saturated carbocycles. The molecule has 0 spiro atoms. The number of carbonyl (C=O) groups is 2. The Labute approximate surface area is 187 Å². The van der Waals surface area contributed by atoms with E-state index in [-0.39, 0.29) is 18.4 Å². The molecule has 2 heterocycles. The van der Waals surface area contributed by atoms with E-state index in [1.807, 2.05) is 65.8 Å². The van der Waals surface area contributed by atoms with Crippen LogP contribution in [0.4, 0.5) is 5.69 Å². The molecule has 1 aromatic carbocycles. The Bertz CT molecular complexity index is 1080. The first-order valence-electron chi connectivity index (χ1n) is 10.6. The van der Waals surface area contributed by atoms with Crippen molar-refractivity contribution in [1.29, 1.82) is 0 Å². The molecule has 1 N–H and O–H groups in total. The minimum absolute atomic E-state index is 0.167. The maximum absolute atomic E-state index is 13.4. The second-order valence-electron chi connectivity index (χ2n) is 8.82. The summed E-state index contributed by atoms with van der Waals surface area (Å²) in [5, 5.41) is 15.2. The number of hydrogen-bond donors (Lipinski definition) is 1. The molecule has 9 nitrogen and oxygen atoms in total. The van der Waals surface area contributed by atoms with Crippen molar-refractivity contribution in [3.63, 3.8) is 0 Å². The Balaban J connectivity index is 1.88. The lowest BCUT2D eigenvalue weighted by atomic mass is 10.1. The number of amides is 2. The van der Waals surface area contributed by atoms with Gasteiger partial charge in [0.1, 0.15) is 18.3 Å². The lowest BCUT2D eigenvalue weighted by Gasteiger charge is -2.33. The third kappa shape index (κ3) is 5.60. The summed E-state index contributed by atoms with van der Waals surface area (Å²) in [5.41, 5.74) is 1.28. The van der Waals surface area contributed by atoms with Crippen molar-refractivity contribution >= 4 is 17.5 Å². The third-order valence-corrected chi connectivity index (χ3v) is 4.77. The van der Waals surface area contributed by atoms with Crippen LogP contribution in [-0.4, -0.2) is 43.6 Å². The molecule has 32 heavy (non-hydrogen) atoms. The molecule has 3 rings (SSSR count). The smallest absolute Gasteiger partial charge is 0.251 e. The Hall–Kier alpha value is -3.49. The van der Waals surface area contributed by atoms with Crippen LogP contribution < -0.4 is 10.2 Å². The van der Waals surface area contributed by atoms with E-state index in [0.717, 1.165) is 11.3 Å². The summed E-state index contributed by atoms with van der Waals surface area (Å²) >= 11 is 0. The fraction of sp³-hybridized carbons (Fsp3) is 0.435. The number of hydrogen-bond acceptors (Lipinski definition) is 6. The van der Waals surface area contributed by atoms with Gasteiger partial charge in [-0.15, -0.1) is 10.2 Å². The predicted molar refractivity (Wildman–Crippen MR) is 121 cm³/mol. The summed E-state index contributed by atoms with van der Waals surface area (Å²) in [4.78, 5) is 29.2. The van der Waals surface area contributed by atoms with Crippen LogP contribution in [0.3, 0.4) is 0 Å². The molecular weight excluding hydrogens is 408 g/mol. The quantitative estimate of drug-likeness (QED) is 0.607. The minimum Gasteiger partial charge on any atom is -0.458 e. The molecule has 0 bridgehead atoms. The van der Waals surface area contributed by atoms with Gasteiger partial charge in [0.2, 0.25) is 11.7 Å². The number of carbonyl (C=O) groups excluding carboxylic acids is 2. The Kier molecular flexibility index (Phi) is 6.76.